The van der Waals surface area contributed by atoms with E-state index in [0.29, 0.717) is 0 Å². The summed E-state index contributed by atoms with van der Waals surface area (Å²) in [6, 6.07) is 18.7. The lowest BCUT2D eigenvalue weighted by atomic mass is 10.1. The van der Waals surface area contributed by atoms with Crippen LogP contribution in [0.3, 0.4) is 0 Å². The summed E-state index contributed by atoms with van der Waals surface area (Å²) in [4.78, 5) is 4.69. The average molecular weight is 404 g/mol. The molecule has 0 bridgehead atoms. The monoisotopic (exact) mass is 403 g/mol. The van der Waals surface area contributed by atoms with Crippen molar-refractivity contribution in [2.45, 2.75) is 6.42 Å². The SMILES string of the molecule is COc1ccc(Cc2cc3c4ccccc4nc-3c[o+]2C)cc1.[O-][Cl+3]([O-])([O-])[O-]. The normalized spacial score (nSPS) is 11.4. The molecule has 0 amide bonds. The van der Waals surface area contributed by atoms with Gasteiger partial charge >= 0.3 is 0 Å². The van der Waals surface area contributed by atoms with E-state index < -0.39 is 10.2 Å². The van der Waals surface area contributed by atoms with E-state index in [1.807, 2.05) is 31.6 Å². The second-order valence-corrected chi connectivity index (χ2v) is 6.87. The Hall–Kier alpha value is -2.68. The van der Waals surface area contributed by atoms with Crippen molar-refractivity contribution in [1.82, 2.24) is 4.98 Å². The third-order valence-electron chi connectivity index (χ3n) is 4.26. The van der Waals surface area contributed by atoms with Gasteiger partial charge in [0, 0.05) is 17.0 Å². The maximum absolute atomic E-state index is 8.49. The van der Waals surface area contributed by atoms with Crippen LogP contribution in [-0.2, 0) is 13.5 Å². The number of nitrogens with zero attached hydrogens (tertiary/aromatic N) is 1. The molecule has 0 saturated carbocycles. The highest BCUT2D eigenvalue weighted by atomic mass is 35.7. The standard InChI is InChI=1S/C20H18NO2.ClHO4/c1-22-15-9-7-14(8-10-15)11-16-12-18-17-5-3-4-6-19(17)21-20(18)13-23(16)2;2-1(3,4)5/h3-10,12-13H,11H2,1-2H3;(H,2,3,4,5)/q+1;/p-1. The van der Waals surface area contributed by atoms with Crippen LogP contribution in [0.2, 0.25) is 0 Å². The van der Waals surface area contributed by atoms with Gasteiger partial charge in [-0.05, 0) is 23.8 Å². The fourth-order valence-electron chi connectivity index (χ4n) is 2.97. The Bertz CT molecular complexity index is 1030. The Morgan fingerprint density at radius 2 is 1.64 bits per heavy atom. The summed E-state index contributed by atoms with van der Waals surface area (Å²) in [5.41, 5.74) is 4.51. The summed E-state index contributed by atoms with van der Waals surface area (Å²) in [5, 5.41) is 1.21. The van der Waals surface area contributed by atoms with E-state index in [4.69, 9.17) is 23.4 Å². The summed E-state index contributed by atoms with van der Waals surface area (Å²) in [7, 11) is -1.26. The third kappa shape index (κ3) is 4.98. The molecule has 0 N–H and O–H groups in total. The summed E-state index contributed by atoms with van der Waals surface area (Å²) < 4.78 is 42.2. The molecule has 0 radical (unpaired) electrons. The van der Waals surface area contributed by atoms with Crippen LogP contribution in [0.1, 0.15) is 11.3 Å². The number of para-hydroxylation sites is 1. The molecule has 8 heteroatoms. The fraction of sp³-hybridized carbons (Fsp3) is 0.150. The van der Waals surface area contributed by atoms with Crippen LogP contribution >= 0.6 is 0 Å². The van der Waals surface area contributed by atoms with Crippen LogP contribution in [0.5, 0.6) is 5.75 Å². The molecule has 0 spiro atoms. The van der Waals surface area contributed by atoms with Gasteiger partial charge in [-0.15, -0.1) is 10.2 Å². The Balaban J connectivity index is 0.000000403. The lowest BCUT2D eigenvalue weighted by Crippen LogP contribution is -2.68. The molecule has 0 atom stereocenters. The first-order valence-electron chi connectivity index (χ1n) is 8.25. The van der Waals surface area contributed by atoms with Crippen LogP contribution in [0.4, 0.5) is 0 Å². The molecule has 2 aromatic rings. The number of halogens is 1. The topological polar surface area (TPSA) is 117 Å². The molecule has 2 aliphatic heterocycles. The minimum absolute atomic E-state index is 0.848. The van der Waals surface area contributed by atoms with Crippen LogP contribution in [0.25, 0.3) is 22.2 Å². The highest BCUT2D eigenvalue weighted by Crippen LogP contribution is 2.33. The molecule has 0 unspecified atom stereocenters. The molecule has 0 aliphatic carbocycles. The summed E-state index contributed by atoms with van der Waals surface area (Å²) in [6.45, 7) is 0. The van der Waals surface area contributed by atoms with Gasteiger partial charge in [0.15, 0.2) is 12.8 Å². The molecule has 2 aliphatic rings. The van der Waals surface area contributed by atoms with Gasteiger partial charge in [-0.25, -0.2) is 23.6 Å². The largest absolute Gasteiger partial charge is 0.544 e. The number of benzene rings is 2. The summed E-state index contributed by atoms with van der Waals surface area (Å²) >= 11 is 0. The van der Waals surface area contributed by atoms with Crippen LogP contribution < -0.4 is 23.4 Å². The Morgan fingerprint density at radius 3 is 2.29 bits per heavy atom. The molecule has 0 fully saturated rings. The van der Waals surface area contributed by atoms with Gasteiger partial charge in [-0.1, -0.05) is 30.3 Å². The number of rotatable bonds is 3. The van der Waals surface area contributed by atoms with Gasteiger partial charge in [-0.2, -0.15) is 0 Å². The summed E-state index contributed by atoms with van der Waals surface area (Å²) in [5.74, 6) is 2.06. The second-order valence-electron chi connectivity index (χ2n) is 6.12. The van der Waals surface area contributed by atoms with E-state index in [2.05, 4.69) is 45.4 Å². The maximum Gasteiger partial charge on any atom is 0.250 e. The van der Waals surface area contributed by atoms with Gasteiger partial charge in [0.05, 0.1) is 19.0 Å². The van der Waals surface area contributed by atoms with Crippen molar-refractivity contribution in [3.05, 3.63) is 72.2 Å². The minimum atomic E-state index is -4.94. The van der Waals surface area contributed by atoms with E-state index in [1.165, 1.54) is 22.3 Å². The number of hydrogen-bond acceptors (Lipinski definition) is 6. The zero-order valence-electron chi connectivity index (χ0n) is 15.3. The smallest absolute Gasteiger partial charge is 0.250 e. The minimum Gasteiger partial charge on any atom is -0.544 e. The molecule has 0 saturated heterocycles. The Labute approximate surface area is 163 Å². The van der Waals surface area contributed by atoms with Gasteiger partial charge in [0.25, 0.3) is 6.26 Å². The molecule has 28 heavy (non-hydrogen) atoms. The first-order valence-corrected chi connectivity index (χ1v) is 9.48. The fourth-order valence-corrected chi connectivity index (χ4v) is 2.97. The Kier molecular flexibility index (Phi) is 5.83. The first kappa shape index (κ1) is 20.1. The predicted molar refractivity (Wildman–Crippen MR) is 92.0 cm³/mol. The van der Waals surface area contributed by atoms with E-state index in [0.717, 1.165) is 23.4 Å². The lowest BCUT2D eigenvalue weighted by Gasteiger charge is -2.17. The van der Waals surface area contributed by atoms with Crippen LogP contribution in [0.15, 0.2) is 64.9 Å². The molecular weight excluding hydrogens is 386 g/mol. The number of aryl methyl sites for hydroxylation is 1. The zero-order chi connectivity index (χ0) is 20.3. The highest BCUT2D eigenvalue weighted by Gasteiger charge is 2.19. The Morgan fingerprint density at radius 1 is 1.00 bits per heavy atom. The van der Waals surface area contributed by atoms with Gasteiger partial charge in [0.1, 0.15) is 5.75 Å². The number of aromatic nitrogens is 1. The highest BCUT2D eigenvalue weighted by molar-refractivity contribution is 5.97. The molecule has 0 aromatic heterocycles. The van der Waals surface area contributed by atoms with E-state index in [1.54, 1.807) is 7.11 Å². The van der Waals surface area contributed by atoms with Gasteiger partial charge < -0.3 is 8.78 Å². The molecule has 2 heterocycles. The predicted octanol–water partition coefficient (Wildman–Crippen LogP) is 0.000600. The second kappa shape index (κ2) is 8.14. The van der Waals surface area contributed by atoms with Crippen molar-refractivity contribution >= 4 is 10.9 Å². The van der Waals surface area contributed by atoms with Crippen LogP contribution in [0, 0.1) is 10.2 Å². The quantitative estimate of drug-likeness (QED) is 0.444. The van der Waals surface area contributed by atoms with E-state index >= 15 is 0 Å². The lowest BCUT2D eigenvalue weighted by molar-refractivity contribution is -2.00. The van der Waals surface area contributed by atoms with Gasteiger partial charge in [0.2, 0.25) is 5.76 Å². The van der Waals surface area contributed by atoms with E-state index in [9.17, 15) is 0 Å². The van der Waals surface area contributed by atoms with Crippen molar-refractivity contribution in [3.8, 4) is 17.0 Å². The molecule has 146 valence electrons. The molecule has 7 nitrogen and oxygen atoms in total. The van der Waals surface area contributed by atoms with Crippen molar-refractivity contribution in [2.75, 3.05) is 7.11 Å². The molecule has 2 aromatic carbocycles. The first-order chi connectivity index (χ1) is 13.2. The van der Waals surface area contributed by atoms with Crippen LogP contribution in [-0.4, -0.2) is 12.1 Å². The van der Waals surface area contributed by atoms with E-state index in [-0.39, 0.29) is 0 Å². The third-order valence-corrected chi connectivity index (χ3v) is 4.26. The molecular formula is C20H18ClNO6. The van der Waals surface area contributed by atoms with Crippen molar-refractivity contribution < 1.29 is 37.7 Å². The average Bonchev–Trinajstić information content (AvgIpc) is 2.98. The number of methoxy groups -OCH3 is 1. The van der Waals surface area contributed by atoms with Crippen molar-refractivity contribution in [2.24, 2.45) is 7.11 Å². The molecule has 4 rings (SSSR count). The summed E-state index contributed by atoms with van der Waals surface area (Å²) in [6.07, 6.45) is 2.88. The number of hydrogen-bond donors (Lipinski definition) is 0. The van der Waals surface area contributed by atoms with Gasteiger partial charge in [-0.3, -0.25) is 0 Å². The van der Waals surface area contributed by atoms with Crippen molar-refractivity contribution in [3.63, 3.8) is 0 Å². The maximum atomic E-state index is 8.49. The zero-order valence-corrected chi connectivity index (χ0v) is 16.0. The van der Waals surface area contributed by atoms with Crippen molar-refractivity contribution in [1.29, 1.82) is 0 Å². The number of ether oxygens (including phenoxy) is 1. The number of fused-ring (bicyclic) bond motifs is 3.